The van der Waals surface area contributed by atoms with Gasteiger partial charge in [0.1, 0.15) is 0 Å². The fraction of sp³-hybridized carbons (Fsp3) is 0.591. The summed E-state index contributed by atoms with van der Waals surface area (Å²) in [5.41, 5.74) is 2.55. The SMILES string of the molecule is CCCCCCCCC#Cc1cccc(C[CH]C(C)CC)c1. The van der Waals surface area contributed by atoms with Gasteiger partial charge in [0.25, 0.3) is 0 Å². The van der Waals surface area contributed by atoms with Gasteiger partial charge in [-0.05, 0) is 42.9 Å². The van der Waals surface area contributed by atoms with E-state index in [0.717, 1.165) is 12.8 Å². The molecule has 1 unspecified atom stereocenters. The van der Waals surface area contributed by atoms with Gasteiger partial charge in [0.15, 0.2) is 0 Å². The topological polar surface area (TPSA) is 0 Å². The second-order valence-electron chi connectivity index (χ2n) is 6.35. The molecule has 0 aliphatic rings. The van der Waals surface area contributed by atoms with E-state index >= 15 is 0 Å². The molecule has 22 heavy (non-hydrogen) atoms. The van der Waals surface area contributed by atoms with Crippen molar-refractivity contribution < 1.29 is 0 Å². The first-order chi connectivity index (χ1) is 10.8. The summed E-state index contributed by atoms with van der Waals surface area (Å²) in [7, 11) is 0. The van der Waals surface area contributed by atoms with Crippen LogP contribution >= 0.6 is 0 Å². The van der Waals surface area contributed by atoms with E-state index in [-0.39, 0.29) is 0 Å². The number of rotatable bonds is 10. The third-order valence-electron chi connectivity index (χ3n) is 4.21. The predicted molar refractivity (Wildman–Crippen MR) is 98.8 cm³/mol. The first kappa shape index (κ1) is 18.8. The quantitative estimate of drug-likeness (QED) is 0.338. The predicted octanol–water partition coefficient (Wildman–Crippen LogP) is 6.58. The van der Waals surface area contributed by atoms with Crippen LogP contribution < -0.4 is 0 Å². The summed E-state index contributed by atoms with van der Waals surface area (Å²) in [5, 5.41) is 0. The molecule has 0 nitrogen and oxygen atoms in total. The van der Waals surface area contributed by atoms with Crippen LogP contribution in [-0.4, -0.2) is 0 Å². The second-order valence-corrected chi connectivity index (χ2v) is 6.35. The molecule has 0 heteroatoms. The largest absolute Gasteiger partial charge is 0.0979 e. The Morgan fingerprint density at radius 2 is 1.82 bits per heavy atom. The van der Waals surface area contributed by atoms with E-state index in [2.05, 4.69) is 63.3 Å². The lowest BCUT2D eigenvalue weighted by Crippen LogP contribution is -1.96. The Labute approximate surface area is 138 Å². The highest BCUT2D eigenvalue weighted by molar-refractivity contribution is 5.37. The van der Waals surface area contributed by atoms with Crippen LogP contribution in [-0.2, 0) is 6.42 Å². The van der Waals surface area contributed by atoms with Gasteiger partial charge in [-0.25, -0.2) is 0 Å². The van der Waals surface area contributed by atoms with Gasteiger partial charge in [-0.3, -0.25) is 0 Å². The highest BCUT2D eigenvalue weighted by Crippen LogP contribution is 2.12. The molecule has 0 saturated carbocycles. The third-order valence-corrected chi connectivity index (χ3v) is 4.21. The van der Waals surface area contributed by atoms with Gasteiger partial charge in [0.05, 0.1) is 0 Å². The van der Waals surface area contributed by atoms with Crippen molar-refractivity contribution in [1.29, 1.82) is 0 Å². The van der Waals surface area contributed by atoms with Gasteiger partial charge in [-0.15, -0.1) is 0 Å². The van der Waals surface area contributed by atoms with Gasteiger partial charge in [-0.1, -0.05) is 83.3 Å². The smallest absolute Gasteiger partial charge is 0.0247 e. The van der Waals surface area contributed by atoms with Crippen molar-refractivity contribution in [2.24, 2.45) is 5.92 Å². The molecule has 0 heterocycles. The molecule has 1 aromatic carbocycles. The summed E-state index contributed by atoms with van der Waals surface area (Å²) in [4.78, 5) is 0. The second kappa shape index (κ2) is 12.3. The molecule has 0 aromatic heterocycles. The minimum Gasteiger partial charge on any atom is -0.0979 e. The summed E-state index contributed by atoms with van der Waals surface area (Å²) < 4.78 is 0. The summed E-state index contributed by atoms with van der Waals surface area (Å²) in [5.74, 6) is 7.36. The first-order valence-corrected chi connectivity index (χ1v) is 9.17. The van der Waals surface area contributed by atoms with Crippen molar-refractivity contribution in [3.8, 4) is 11.8 Å². The lowest BCUT2D eigenvalue weighted by atomic mass is 9.98. The first-order valence-electron chi connectivity index (χ1n) is 9.17. The molecule has 0 spiro atoms. The lowest BCUT2D eigenvalue weighted by Gasteiger charge is -2.07. The van der Waals surface area contributed by atoms with Crippen molar-refractivity contribution in [2.45, 2.75) is 78.6 Å². The maximum absolute atomic E-state index is 3.34. The Bertz CT molecular complexity index is 447. The lowest BCUT2D eigenvalue weighted by molar-refractivity contribution is 0.614. The Balaban J connectivity index is 2.29. The summed E-state index contributed by atoms with van der Waals surface area (Å²) in [6.07, 6.45) is 13.8. The number of unbranched alkanes of at least 4 members (excludes halogenated alkanes) is 6. The standard InChI is InChI=1S/C22H33/c1-4-6-7-8-9-10-11-12-14-21-15-13-16-22(19-21)18-17-20(3)5-2/h13,15-17,19-20H,4-11,18H2,1-3H3. The Hall–Kier alpha value is -1.22. The Morgan fingerprint density at radius 3 is 2.59 bits per heavy atom. The van der Waals surface area contributed by atoms with Crippen LogP contribution in [0.4, 0.5) is 0 Å². The van der Waals surface area contributed by atoms with Crippen LogP contribution in [0.3, 0.4) is 0 Å². The maximum Gasteiger partial charge on any atom is 0.0247 e. The molecule has 121 valence electrons. The zero-order chi connectivity index (χ0) is 16.0. The zero-order valence-electron chi connectivity index (χ0n) is 14.8. The molecular weight excluding hydrogens is 264 g/mol. The van der Waals surface area contributed by atoms with Crippen molar-refractivity contribution in [1.82, 2.24) is 0 Å². The van der Waals surface area contributed by atoms with E-state index in [9.17, 15) is 0 Å². The van der Waals surface area contributed by atoms with E-state index in [1.165, 1.54) is 56.1 Å². The van der Waals surface area contributed by atoms with E-state index in [4.69, 9.17) is 0 Å². The van der Waals surface area contributed by atoms with E-state index in [0.29, 0.717) is 5.92 Å². The van der Waals surface area contributed by atoms with Crippen LogP contribution in [0.5, 0.6) is 0 Å². The van der Waals surface area contributed by atoms with Crippen LogP contribution in [0.1, 0.15) is 83.3 Å². The number of benzene rings is 1. The van der Waals surface area contributed by atoms with Crippen molar-refractivity contribution in [2.75, 3.05) is 0 Å². The molecule has 1 radical (unpaired) electrons. The molecule has 1 atom stereocenters. The summed E-state index contributed by atoms with van der Waals surface area (Å²) >= 11 is 0. The van der Waals surface area contributed by atoms with Crippen molar-refractivity contribution in [3.63, 3.8) is 0 Å². The molecule has 0 fully saturated rings. The highest BCUT2D eigenvalue weighted by Gasteiger charge is 2.00. The van der Waals surface area contributed by atoms with Crippen LogP contribution in [0.2, 0.25) is 0 Å². The molecule has 0 aliphatic carbocycles. The van der Waals surface area contributed by atoms with Crippen LogP contribution in [0, 0.1) is 24.2 Å². The molecule has 0 saturated heterocycles. The maximum atomic E-state index is 3.34. The van der Waals surface area contributed by atoms with Crippen LogP contribution in [0.15, 0.2) is 24.3 Å². The van der Waals surface area contributed by atoms with Gasteiger partial charge >= 0.3 is 0 Å². The van der Waals surface area contributed by atoms with Crippen molar-refractivity contribution in [3.05, 3.63) is 41.8 Å². The van der Waals surface area contributed by atoms with Gasteiger partial charge in [-0.2, -0.15) is 0 Å². The third kappa shape index (κ3) is 8.93. The molecule has 1 aromatic rings. The molecule has 0 amide bonds. The number of hydrogen-bond acceptors (Lipinski definition) is 0. The van der Waals surface area contributed by atoms with E-state index < -0.39 is 0 Å². The zero-order valence-corrected chi connectivity index (χ0v) is 14.8. The minimum atomic E-state index is 0.697. The Kier molecular flexibility index (Phi) is 10.6. The fourth-order valence-electron chi connectivity index (χ4n) is 2.44. The van der Waals surface area contributed by atoms with E-state index in [1.54, 1.807) is 0 Å². The molecule has 0 aliphatic heterocycles. The van der Waals surface area contributed by atoms with Gasteiger partial charge < -0.3 is 0 Å². The van der Waals surface area contributed by atoms with Gasteiger partial charge in [0, 0.05) is 12.0 Å². The summed E-state index contributed by atoms with van der Waals surface area (Å²) in [6.45, 7) is 6.79. The van der Waals surface area contributed by atoms with E-state index in [1.807, 2.05) is 0 Å². The van der Waals surface area contributed by atoms with Crippen LogP contribution in [0.25, 0.3) is 0 Å². The number of hydrogen-bond donors (Lipinski definition) is 0. The molecule has 0 bridgehead atoms. The molecular formula is C22H33. The fourth-order valence-corrected chi connectivity index (χ4v) is 2.44. The summed E-state index contributed by atoms with van der Waals surface area (Å²) in [6, 6.07) is 8.71. The highest BCUT2D eigenvalue weighted by atomic mass is 14.1. The monoisotopic (exact) mass is 297 g/mol. The average Bonchev–Trinajstić information content (AvgIpc) is 2.55. The molecule has 1 rings (SSSR count). The average molecular weight is 298 g/mol. The molecule has 0 N–H and O–H groups in total. The Morgan fingerprint density at radius 1 is 1.05 bits per heavy atom. The van der Waals surface area contributed by atoms with Gasteiger partial charge in [0.2, 0.25) is 0 Å². The normalized spacial score (nSPS) is 11.8. The van der Waals surface area contributed by atoms with Crippen molar-refractivity contribution >= 4 is 0 Å². The minimum absolute atomic E-state index is 0.697.